The van der Waals surface area contributed by atoms with Crippen LogP contribution in [-0.4, -0.2) is 134 Å². The highest BCUT2D eigenvalue weighted by molar-refractivity contribution is 6.32. The molecule has 2 saturated heterocycles. The average Bonchev–Trinajstić information content (AvgIpc) is 0.773. The molecule has 5 aliphatic rings. The Morgan fingerprint density at radius 1 is 0.657 bits per heavy atom. The van der Waals surface area contributed by atoms with Crippen LogP contribution in [0, 0.1) is 6.92 Å². The number of amides is 6. The third-order valence-electron chi connectivity index (χ3n) is 19.1. The minimum atomic E-state index is -1.82. The first-order chi connectivity index (χ1) is 51.8. The molecule has 13 N–H and O–H groups in total. The first kappa shape index (κ1) is 78.7. The number of likely N-dealkylation sites (N-methyl/N-ethyl adjacent to an activating group) is 1. The number of unbranched alkanes of at least 4 members (excludes halogenated alkanes) is 6. The maximum absolute atomic E-state index is 15.5. The van der Waals surface area contributed by atoms with Crippen LogP contribution < -0.4 is 50.8 Å². The Bertz CT molecular complexity index is 4490. The molecule has 572 valence electrons. The molecule has 108 heavy (non-hydrogen) atoms. The van der Waals surface area contributed by atoms with Crippen LogP contribution in [0.4, 0.5) is 0 Å². The van der Waals surface area contributed by atoms with Gasteiger partial charge in [-0.1, -0.05) is 98.5 Å². The van der Waals surface area contributed by atoms with E-state index >= 15 is 4.79 Å². The number of aliphatic hydroxyl groups excluding tert-OH is 2. The number of benzene rings is 7. The summed E-state index contributed by atoms with van der Waals surface area (Å²) in [6, 6.07) is 19.8. The molecule has 5 heterocycles. The van der Waals surface area contributed by atoms with Gasteiger partial charge in [-0.2, -0.15) is 0 Å². The Balaban J connectivity index is 0.967. The van der Waals surface area contributed by atoms with Crippen molar-refractivity contribution in [2.24, 2.45) is 0 Å². The quantitative estimate of drug-likeness (QED) is 0.0250. The molecule has 10 bridgehead atoms. The lowest BCUT2D eigenvalue weighted by Crippen LogP contribution is -2.52. The SMILES string of the molecule is CCCCCCCCCC(=O)NC1CC(O)COC1Cc1c(Oc2ccc(CCC(=O)NC(C(=O)O)c3cc(O)cc(OC4CCC(O)CO4)c3-c3cc(C)ccc3O)cc2Cl)cc2cc1Oc1ccc(cc1Cl)CC1NC(=O)Cc3ccc(O)c(c3)Oc3cc(O)cc(c3)C(NC1=O)C(=O)NC2C(=O)NCC. The van der Waals surface area contributed by atoms with Crippen LogP contribution in [0.2, 0.25) is 10.0 Å². The van der Waals surface area contributed by atoms with E-state index in [4.69, 9.17) is 51.6 Å². The Morgan fingerprint density at radius 3 is 2.17 bits per heavy atom. The van der Waals surface area contributed by atoms with Crippen molar-refractivity contribution >= 4 is 64.6 Å². The Labute approximate surface area is 633 Å². The van der Waals surface area contributed by atoms with Gasteiger partial charge < -0.3 is 96.1 Å². The van der Waals surface area contributed by atoms with E-state index in [0.29, 0.717) is 35.1 Å². The number of carboxylic acids is 1. The lowest BCUT2D eigenvalue weighted by atomic mass is 9.91. The molecule has 28 heteroatoms. The van der Waals surface area contributed by atoms with E-state index < -0.39 is 102 Å². The maximum Gasteiger partial charge on any atom is 0.330 e. The van der Waals surface area contributed by atoms with Gasteiger partial charge in [-0.3, -0.25) is 28.8 Å². The normalized spacial score (nSPS) is 20.3. The second-order valence-corrected chi connectivity index (χ2v) is 28.4. The first-order valence-corrected chi connectivity index (χ1v) is 37.0. The van der Waals surface area contributed by atoms with Crippen molar-refractivity contribution in [2.45, 2.75) is 178 Å². The van der Waals surface area contributed by atoms with Gasteiger partial charge in [0.2, 0.25) is 35.4 Å². The lowest BCUT2D eigenvalue weighted by Gasteiger charge is -2.35. The molecule has 0 aliphatic carbocycles. The molecule has 26 nitrogen and oxygen atoms in total. The summed E-state index contributed by atoms with van der Waals surface area (Å²) >= 11 is 14.4. The first-order valence-electron chi connectivity index (χ1n) is 36.2. The molecule has 9 atom stereocenters. The number of hydrogen-bond donors (Lipinski definition) is 13. The van der Waals surface area contributed by atoms with Crippen LogP contribution in [0.15, 0.2) is 115 Å². The van der Waals surface area contributed by atoms with Crippen molar-refractivity contribution in [1.82, 2.24) is 31.9 Å². The van der Waals surface area contributed by atoms with Crippen molar-refractivity contribution < 1.29 is 97.7 Å². The van der Waals surface area contributed by atoms with E-state index in [9.17, 15) is 64.5 Å². The summed E-state index contributed by atoms with van der Waals surface area (Å²) in [5.41, 5.74) is 2.19. The summed E-state index contributed by atoms with van der Waals surface area (Å²) in [5, 5.41) is 93.5. The second kappa shape index (κ2) is 36.0. The number of aliphatic carboxylic acids is 1. The fraction of sp³-hybridized carbons (Fsp3) is 0.388. The molecule has 12 rings (SSSR count). The number of halogens is 2. The fourth-order valence-electron chi connectivity index (χ4n) is 13.6. The Kier molecular flexibility index (Phi) is 26.3. The molecular formula is C80H88Cl2N6O20. The highest BCUT2D eigenvalue weighted by Crippen LogP contribution is 2.47. The predicted octanol–water partition coefficient (Wildman–Crippen LogP) is 11.0. The van der Waals surface area contributed by atoms with E-state index in [0.717, 1.165) is 44.6 Å². The number of ether oxygens (including phenoxy) is 6. The Hall–Kier alpha value is -10.3. The minimum Gasteiger partial charge on any atom is -0.508 e. The number of carboxylic acid groups (broad SMARTS) is 1. The molecule has 7 aromatic rings. The summed E-state index contributed by atoms with van der Waals surface area (Å²) in [7, 11) is 0. The number of carbonyl (C=O) groups excluding carboxylic acids is 6. The van der Waals surface area contributed by atoms with Crippen molar-refractivity contribution in [3.63, 3.8) is 0 Å². The maximum atomic E-state index is 15.5. The van der Waals surface area contributed by atoms with Gasteiger partial charge in [-0.15, -0.1) is 0 Å². The molecule has 0 aromatic heterocycles. The van der Waals surface area contributed by atoms with Gasteiger partial charge in [0, 0.05) is 73.0 Å². The highest BCUT2D eigenvalue weighted by atomic mass is 35.5. The van der Waals surface area contributed by atoms with Gasteiger partial charge in [0.25, 0.3) is 0 Å². The zero-order valence-corrected chi connectivity index (χ0v) is 61.3. The van der Waals surface area contributed by atoms with Gasteiger partial charge in [-0.25, -0.2) is 4.79 Å². The van der Waals surface area contributed by atoms with Gasteiger partial charge in [0.05, 0.1) is 54.0 Å². The van der Waals surface area contributed by atoms with Crippen molar-refractivity contribution in [3.05, 3.63) is 170 Å². The zero-order valence-electron chi connectivity index (χ0n) is 59.8. The van der Waals surface area contributed by atoms with Crippen LogP contribution in [0.5, 0.6) is 63.2 Å². The van der Waals surface area contributed by atoms with Gasteiger partial charge >= 0.3 is 5.97 Å². The molecule has 0 saturated carbocycles. The fourth-order valence-corrected chi connectivity index (χ4v) is 14.1. The minimum absolute atomic E-state index is 0.00232. The molecular weight excluding hydrogens is 1440 g/mol. The average molecular weight is 1520 g/mol. The summed E-state index contributed by atoms with van der Waals surface area (Å²) in [4.78, 5) is 101. The smallest absolute Gasteiger partial charge is 0.330 e. The van der Waals surface area contributed by atoms with E-state index in [-0.39, 0.29) is 172 Å². The van der Waals surface area contributed by atoms with Gasteiger partial charge in [0.1, 0.15) is 69.9 Å². The van der Waals surface area contributed by atoms with Crippen LogP contribution in [0.1, 0.15) is 154 Å². The molecule has 7 aromatic carbocycles. The highest BCUT2D eigenvalue weighted by Gasteiger charge is 2.39. The Morgan fingerprint density at radius 2 is 1.42 bits per heavy atom. The largest absolute Gasteiger partial charge is 0.508 e. The van der Waals surface area contributed by atoms with Crippen LogP contribution in [-0.2, 0) is 68.7 Å². The number of carbonyl (C=O) groups is 7. The van der Waals surface area contributed by atoms with Crippen molar-refractivity contribution in [2.75, 3.05) is 19.8 Å². The van der Waals surface area contributed by atoms with E-state index in [1.807, 2.05) is 0 Å². The number of rotatable bonds is 24. The van der Waals surface area contributed by atoms with E-state index in [1.54, 1.807) is 38.1 Å². The summed E-state index contributed by atoms with van der Waals surface area (Å²) in [5.74, 6) is -7.51. The number of aliphatic hydroxyl groups is 2. The number of aromatic hydroxyl groups is 4. The number of phenols is 4. The monoisotopic (exact) mass is 1520 g/mol. The summed E-state index contributed by atoms with van der Waals surface area (Å²) < 4.78 is 38.1. The van der Waals surface area contributed by atoms with Crippen molar-refractivity contribution in [3.8, 4) is 74.4 Å². The topological polar surface area (TPSA) is 389 Å². The number of phenolic OH excluding ortho intramolecular Hbond substituents is 4. The van der Waals surface area contributed by atoms with Gasteiger partial charge in [-0.05, 0) is 146 Å². The summed E-state index contributed by atoms with van der Waals surface area (Å²) in [6.07, 6.45) is 3.24. The van der Waals surface area contributed by atoms with E-state index in [2.05, 4.69) is 38.8 Å². The third kappa shape index (κ3) is 20.3. The molecule has 0 spiro atoms. The zero-order chi connectivity index (χ0) is 76.9. The van der Waals surface area contributed by atoms with Crippen LogP contribution in [0.3, 0.4) is 0 Å². The van der Waals surface area contributed by atoms with Gasteiger partial charge in [0.15, 0.2) is 23.8 Å². The number of fused-ring (bicyclic) bond motifs is 8. The third-order valence-corrected chi connectivity index (χ3v) is 19.7. The van der Waals surface area contributed by atoms with E-state index in [1.165, 1.54) is 84.9 Å². The number of hydrogen-bond acceptors (Lipinski definition) is 19. The molecule has 9 unspecified atom stereocenters. The molecule has 5 aliphatic heterocycles. The second-order valence-electron chi connectivity index (χ2n) is 27.6. The lowest BCUT2D eigenvalue weighted by molar-refractivity contribution is -0.142. The predicted molar refractivity (Wildman–Crippen MR) is 397 cm³/mol. The number of aryl methyl sites for hydroxylation is 2. The standard InChI is InChI=1S/C80H88Cl2N6O20/c1-4-6-7-8-9-10-11-12-69(95)84-58-37-51(92)41-103-66(58)39-54-64(106-62-21-15-43(26-56(62)81)17-23-70(96)86-76(80(101)102)55-36-50(91)38-68(108-72-24-18-48(89)40-104-72)73(55)53-25-42(3)13-19-60(53)93)33-47-34-65(54)107-63-22-16-44(27-57(63)82)28-59-77(98)87-75(79(100)88-74(47)78(99)83-5-2)46-31-49(90)35-52(32-46)105-67-29-45(14-20-61(67)94)30-71(97)85-59/h13-16,19-22,25-27,29,31-36,38,48,51,58-59,66,72,74-76,89-94H,4-12,17-18,23-24,28,30,37,39-41H2,1-3H3,(H,83,99)(H,84,95)(H,85,97)(H,86,96)(H,87,98)(H,88,100)(H,101,102). The number of nitrogens with one attached hydrogen (secondary N) is 6. The summed E-state index contributed by atoms with van der Waals surface area (Å²) in [6.45, 7) is 5.42. The molecule has 0 radical (unpaired) electrons. The van der Waals surface area contributed by atoms with Crippen LogP contribution >= 0.6 is 23.2 Å². The van der Waals surface area contributed by atoms with Crippen LogP contribution in [0.25, 0.3) is 11.1 Å². The molecule has 6 amide bonds. The molecule has 2 fully saturated rings. The van der Waals surface area contributed by atoms with Crippen molar-refractivity contribution in [1.29, 1.82) is 0 Å².